The van der Waals surface area contributed by atoms with Crippen LogP contribution in [0.3, 0.4) is 0 Å². The number of benzene rings is 2. The molecular formula is C23H22N2O3. The number of carbonyl (C=O) groups is 2. The molecule has 0 atom stereocenters. The molecule has 0 unspecified atom stereocenters. The van der Waals surface area contributed by atoms with Gasteiger partial charge in [-0.05, 0) is 29.7 Å². The van der Waals surface area contributed by atoms with Crippen molar-refractivity contribution in [3.05, 3.63) is 102 Å². The molecule has 5 heteroatoms. The maximum absolute atomic E-state index is 12.0. The molecule has 0 saturated heterocycles. The number of nitrogens with zero attached hydrogens (tertiary/aromatic N) is 1. The lowest BCUT2D eigenvalue weighted by atomic mass is 9.88. The van der Waals surface area contributed by atoms with Crippen molar-refractivity contribution in [3.8, 4) is 0 Å². The quantitative estimate of drug-likeness (QED) is 0.612. The molecule has 142 valence electrons. The second kappa shape index (κ2) is 10.0. The summed E-state index contributed by atoms with van der Waals surface area (Å²) >= 11 is 0. The summed E-state index contributed by atoms with van der Waals surface area (Å²) in [4.78, 5) is 27.8. The molecule has 0 radical (unpaired) electrons. The van der Waals surface area contributed by atoms with E-state index in [1.54, 1.807) is 18.2 Å². The van der Waals surface area contributed by atoms with Gasteiger partial charge in [0.15, 0.2) is 6.61 Å². The van der Waals surface area contributed by atoms with E-state index in [9.17, 15) is 9.59 Å². The largest absolute Gasteiger partial charge is 0.451 e. The van der Waals surface area contributed by atoms with Crippen LogP contribution in [0.5, 0.6) is 0 Å². The van der Waals surface area contributed by atoms with E-state index in [1.165, 1.54) is 17.3 Å². The lowest BCUT2D eigenvalue weighted by Gasteiger charge is -2.18. The van der Waals surface area contributed by atoms with Gasteiger partial charge in [0, 0.05) is 18.7 Å². The number of hydrogen-bond donors (Lipinski definition) is 1. The Morgan fingerprint density at radius 1 is 0.857 bits per heavy atom. The van der Waals surface area contributed by atoms with Crippen LogP contribution in [0.1, 0.15) is 34.0 Å². The molecule has 0 saturated carbocycles. The fraction of sp³-hybridized carbons (Fsp3) is 0.174. The Morgan fingerprint density at radius 2 is 1.46 bits per heavy atom. The molecular weight excluding hydrogens is 352 g/mol. The minimum atomic E-state index is -0.609. The van der Waals surface area contributed by atoms with Crippen molar-refractivity contribution in [1.82, 2.24) is 10.3 Å². The number of rotatable bonds is 8. The second-order valence-corrected chi connectivity index (χ2v) is 6.30. The van der Waals surface area contributed by atoms with Gasteiger partial charge in [-0.1, -0.05) is 66.7 Å². The van der Waals surface area contributed by atoms with Crippen LogP contribution in [0.25, 0.3) is 0 Å². The second-order valence-electron chi connectivity index (χ2n) is 6.30. The number of ether oxygens (including phenoxy) is 1. The van der Waals surface area contributed by atoms with Gasteiger partial charge in [-0.25, -0.2) is 9.78 Å². The summed E-state index contributed by atoms with van der Waals surface area (Å²) < 4.78 is 5.00. The van der Waals surface area contributed by atoms with E-state index in [2.05, 4.69) is 34.6 Å². The summed E-state index contributed by atoms with van der Waals surface area (Å²) in [7, 11) is 0. The Morgan fingerprint density at radius 3 is 2.04 bits per heavy atom. The highest BCUT2D eigenvalue weighted by atomic mass is 16.5. The van der Waals surface area contributed by atoms with E-state index in [4.69, 9.17) is 4.74 Å². The first kappa shape index (κ1) is 19.3. The van der Waals surface area contributed by atoms with Gasteiger partial charge in [-0.15, -0.1) is 0 Å². The molecule has 1 amide bonds. The van der Waals surface area contributed by atoms with Crippen LogP contribution in [0.15, 0.2) is 85.1 Å². The third-order valence-electron chi connectivity index (χ3n) is 4.37. The molecule has 1 N–H and O–H groups in total. The first-order chi connectivity index (χ1) is 13.7. The van der Waals surface area contributed by atoms with Crippen molar-refractivity contribution >= 4 is 11.9 Å². The van der Waals surface area contributed by atoms with E-state index in [0.29, 0.717) is 6.54 Å². The van der Waals surface area contributed by atoms with Gasteiger partial charge in [-0.2, -0.15) is 0 Å². The molecule has 3 aromatic rings. The Bertz CT molecular complexity index is 844. The zero-order chi connectivity index (χ0) is 19.6. The molecule has 0 aliphatic carbocycles. The molecule has 3 rings (SSSR count). The van der Waals surface area contributed by atoms with Crippen LogP contribution in [0.2, 0.25) is 0 Å². The van der Waals surface area contributed by atoms with Crippen LogP contribution < -0.4 is 5.32 Å². The molecule has 28 heavy (non-hydrogen) atoms. The summed E-state index contributed by atoms with van der Waals surface area (Å²) in [5, 5.41) is 2.82. The molecule has 0 spiro atoms. The van der Waals surface area contributed by atoms with Gasteiger partial charge in [0.05, 0.1) is 0 Å². The van der Waals surface area contributed by atoms with E-state index < -0.39 is 5.97 Å². The van der Waals surface area contributed by atoms with Gasteiger partial charge in [0.2, 0.25) is 0 Å². The maximum Gasteiger partial charge on any atom is 0.357 e. The van der Waals surface area contributed by atoms with Gasteiger partial charge < -0.3 is 10.1 Å². The topological polar surface area (TPSA) is 68.3 Å². The Hall–Kier alpha value is -3.47. The monoisotopic (exact) mass is 374 g/mol. The minimum absolute atomic E-state index is 0.179. The van der Waals surface area contributed by atoms with Crippen LogP contribution in [0.4, 0.5) is 0 Å². The Kier molecular flexibility index (Phi) is 6.90. The Balaban J connectivity index is 1.51. The highest BCUT2D eigenvalue weighted by Crippen LogP contribution is 2.27. The summed E-state index contributed by atoms with van der Waals surface area (Å²) in [6.45, 7) is 0.158. The van der Waals surface area contributed by atoms with Crippen LogP contribution >= 0.6 is 0 Å². The fourth-order valence-corrected chi connectivity index (χ4v) is 2.99. The number of esters is 1. The van der Waals surface area contributed by atoms with E-state index >= 15 is 0 Å². The molecule has 0 fully saturated rings. The number of hydrogen-bond acceptors (Lipinski definition) is 4. The fourth-order valence-electron chi connectivity index (χ4n) is 2.99. The Labute approximate surface area is 164 Å². The predicted molar refractivity (Wildman–Crippen MR) is 107 cm³/mol. The SMILES string of the molecule is O=C(COC(=O)c1ccccn1)NCCC(c1ccccc1)c1ccccc1. The molecule has 1 heterocycles. The standard InChI is InChI=1S/C23H22N2O3/c26-22(17-28-23(27)21-13-7-8-15-24-21)25-16-14-20(18-9-3-1-4-10-18)19-11-5-2-6-12-19/h1-13,15,20H,14,16-17H2,(H,25,26). The van der Waals surface area contributed by atoms with Crippen molar-refractivity contribution in [3.63, 3.8) is 0 Å². The highest BCUT2D eigenvalue weighted by Gasteiger charge is 2.15. The third kappa shape index (κ3) is 5.51. The molecule has 1 aromatic heterocycles. The van der Waals surface area contributed by atoms with Gasteiger partial charge in [0.1, 0.15) is 5.69 Å². The summed E-state index contributed by atoms with van der Waals surface area (Å²) in [6.07, 6.45) is 2.25. The molecule has 0 aliphatic rings. The molecule has 0 bridgehead atoms. The third-order valence-corrected chi connectivity index (χ3v) is 4.37. The number of amides is 1. The predicted octanol–water partition coefficient (Wildman–Crippen LogP) is 3.58. The number of carbonyl (C=O) groups excluding carboxylic acids is 2. The van der Waals surface area contributed by atoms with E-state index in [0.717, 1.165) is 6.42 Å². The summed E-state index contributed by atoms with van der Waals surface area (Å²) in [6, 6.07) is 25.3. The number of aromatic nitrogens is 1. The van der Waals surface area contributed by atoms with E-state index in [-0.39, 0.29) is 24.1 Å². The van der Waals surface area contributed by atoms with E-state index in [1.807, 2.05) is 36.4 Å². The average Bonchev–Trinajstić information content (AvgIpc) is 2.77. The first-order valence-electron chi connectivity index (χ1n) is 9.19. The molecule has 5 nitrogen and oxygen atoms in total. The van der Waals surface area contributed by atoms with Crippen molar-refractivity contribution in [1.29, 1.82) is 0 Å². The smallest absolute Gasteiger partial charge is 0.357 e. The number of nitrogens with one attached hydrogen (secondary N) is 1. The van der Waals surface area contributed by atoms with Gasteiger partial charge >= 0.3 is 5.97 Å². The van der Waals surface area contributed by atoms with Crippen LogP contribution in [-0.2, 0) is 9.53 Å². The van der Waals surface area contributed by atoms with Crippen LogP contribution in [0, 0.1) is 0 Å². The van der Waals surface area contributed by atoms with Crippen molar-refractivity contribution < 1.29 is 14.3 Å². The molecule has 0 aliphatic heterocycles. The maximum atomic E-state index is 12.0. The zero-order valence-corrected chi connectivity index (χ0v) is 15.5. The molecule has 2 aromatic carbocycles. The van der Waals surface area contributed by atoms with Crippen molar-refractivity contribution in [2.24, 2.45) is 0 Å². The zero-order valence-electron chi connectivity index (χ0n) is 15.5. The average molecular weight is 374 g/mol. The summed E-state index contributed by atoms with van der Waals surface area (Å²) in [5.41, 5.74) is 2.58. The normalized spacial score (nSPS) is 10.5. The highest BCUT2D eigenvalue weighted by molar-refractivity contribution is 5.89. The minimum Gasteiger partial charge on any atom is -0.451 e. The van der Waals surface area contributed by atoms with Crippen molar-refractivity contribution in [2.75, 3.05) is 13.2 Å². The summed E-state index contributed by atoms with van der Waals surface area (Å²) in [5.74, 6) is -0.759. The van der Waals surface area contributed by atoms with Gasteiger partial charge in [-0.3, -0.25) is 4.79 Å². The van der Waals surface area contributed by atoms with Gasteiger partial charge in [0.25, 0.3) is 5.91 Å². The van der Waals surface area contributed by atoms with Crippen molar-refractivity contribution in [2.45, 2.75) is 12.3 Å². The first-order valence-corrected chi connectivity index (χ1v) is 9.19. The lowest BCUT2D eigenvalue weighted by molar-refractivity contribution is -0.124. The lowest BCUT2D eigenvalue weighted by Crippen LogP contribution is -2.30. The number of pyridine rings is 1. The van der Waals surface area contributed by atoms with Crippen LogP contribution in [-0.4, -0.2) is 30.0 Å².